The Hall–Kier alpha value is -2.65. The second-order valence-corrected chi connectivity index (χ2v) is 10.7. The van der Waals surface area contributed by atoms with Gasteiger partial charge in [0.05, 0.1) is 37.5 Å². The molecule has 0 unspecified atom stereocenters. The SMILES string of the molecule is O=C1c2ccc(OC3CCN(C4COC4)CC3)cc2OCCN1C[C@H](O)CN1CCc2ccccc2C1. The molecule has 4 aliphatic rings. The van der Waals surface area contributed by atoms with Crippen molar-refractivity contribution in [3.8, 4) is 11.5 Å². The minimum atomic E-state index is -0.615. The van der Waals surface area contributed by atoms with Crippen molar-refractivity contribution in [1.82, 2.24) is 14.7 Å². The Balaban J connectivity index is 1.03. The lowest BCUT2D eigenvalue weighted by Gasteiger charge is -2.41. The molecule has 0 saturated carbocycles. The molecule has 1 atom stereocenters. The summed E-state index contributed by atoms with van der Waals surface area (Å²) in [6.07, 6.45) is 2.52. The van der Waals surface area contributed by atoms with Crippen molar-refractivity contribution in [2.45, 2.75) is 44.1 Å². The third-order valence-electron chi connectivity index (χ3n) is 8.12. The zero-order valence-electron chi connectivity index (χ0n) is 21.4. The van der Waals surface area contributed by atoms with Gasteiger partial charge in [0.25, 0.3) is 5.91 Å². The van der Waals surface area contributed by atoms with E-state index in [1.807, 2.05) is 12.1 Å². The maximum atomic E-state index is 13.3. The van der Waals surface area contributed by atoms with Crippen molar-refractivity contribution >= 4 is 5.91 Å². The van der Waals surface area contributed by atoms with Gasteiger partial charge in [0.1, 0.15) is 24.2 Å². The Kier molecular flexibility index (Phi) is 7.33. The number of carbonyl (C=O) groups is 1. The van der Waals surface area contributed by atoms with Gasteiger partial charge in [0.2, 0.25) is 0 Å². The highest BCUT2D eigenvalue weighted by molar-refractivity contribution is 5.97. The molecule has 0 bridgehead atoms. The molecule has 37 heavy (non-hydrogen) atoms. The molecule has 0 aliphatic carbocycles. The fourth-order valence-corrected chi connectivity index (χ4v) is 5.89. The molecule has 0 radical (unpaired) electrons. The lowest BCUT2D eigenvalue weighted by atomic mass is 10.00. The Morgan fingerprint density at radius 1 is 1.00 bits per heavy atom. The minimum absolute atomic E-state index is 0.0990. The van der Waals surface area contributed by atoms with Gasteiger partial charge in [-0.3, -0.25) is 14.6 Å². The first-order valence-electron chi connectivity index (χ1n) is 13.6. The number of hydrogen-bond donors (Lipinski definition) is 1. The van der Waals surface area contributed by atoms with Crippen LogP contribution in [0.2, 0.25) is 0 Å². The molecule has 0 aromatic heterocycles. The minimum Gasteiger partial charge on any atom is -0.491 e. The van der Waals surface area contributed by atoms with Crippen LogP contribution in [0.5, 0.6) is 11.5 Å². The summed E-state index contributed by atoms with van der Waals surface area (Å²) in [5.74, 6) is 1.21. The number of ether oxygens (including phenoxy) is 3. The van der Waals surface area contributed by atoms with Gasteiger partial charge < -0.3 is 24.2 Å². The Morgan fingerprint density at radius 2 is 1.81 bits per heavy atom. The van der Waals surface area contributed by atoms with E-state index >= 15 is 0 Å². The molecular weight excluding hydrogens is 470 g/mol. The molecule has 4 aliphatic heterocycles. The first kappa shape index (κ1) is 24.7. The zero-order valence-corrected chi connectivity index (χ0v) is 21.4. The summed E-state index contributed by atoms with van der Waals surface area (Å²) in [5.41, 5.74) is 3.25. The number of likely N-dealkylation sites (tertiary alicyclic amines) is 1. The molecular formula is C29H37N3O5. The molecule has 198 valence electrons. The lowest BCUT2D eigenvalue weighted by molar-refractivity contribution is -0.0778. The number of amides is 1. The predicted octanol–water partition coefficient (Wildman–Crippen LogP) is 2.18. The molecule has 2 fully saturated rings. The third-order valence-corrected chi connectivity index (χ3v) is 8.12. The number of nitrogens with zero attached hydrogens (tertiary/aromatic N) is 3. The summed E-state index contributed by atoms with van der Waals surface area (Å²) in [7, 11) is 0. The van der Waals surface area contributed by atoms with Crippen molar-refractivity contribution in [1.29, 1.82) is 0 Å². The zero-order chi connectivity index (χ0) is 25.2. The fourth-order valence-electron chi connectivity index (χ4n) is 5.89. The number of benzene rings is 2. The van der Waals surface area contributed by atoms with Crippen LogP contribution in [0.4, 0.5) is 0 Å². The van der Waals surface area contributed by atoms with Crippen LogP contribution in [-0.2, 0) is 17.7 Å². The number of fused-ring (bicyclic) bond motifs is 2. The second kappa shape index (κ2) is 11.0. The molecule has 2 saturated heterocycles. The standard InChI is InChI=1S/C29H37N3O5/c33-24(17-30-10-7-21-3-1-2-4-22(21)16-30)18-32-13-14-36-28-15-26(5-6-27(28)29(32)34)37-25-8-11-31(12-9-25)23-19-35-20-23/h1-6,15,23-25,33H,7-14,16-20H2/t24-/m1/s1. The first-order valence-corrected chi connectivity index (χ1v) is 13.6. The fraction of sp³-hybridized carbons (Fsp3) is 0.552. The van der Waals surface area contributed by atoms with E-state index in [0.29, 0.717) is 43.6 Å². The average molecular weight is 508 g/mol. The Labute approximate surface area is 218 Å². The molecule has 8 heteroatoms. The quantitative estimate of drug-likeness (QED) is 0.616. The molecule has 6 rings (SSSR count). The number of hydrogen-bond acceptors (Lipinski definition) is 7. The van der Waals surface area contributed by atoms with Crippen molar-refractivity contribution in [2.24, 2.45) is 0 Å². The normalized spacial score (nSPS) is 22.4. The number of β-amino-alcohol motifs (C(OH)–C–C–N with tert-alkyl or cyclic N) is 1. The van der Waals surface area contributed by atoms with Crippen LogP contribution < -0.4 is 9.47 Å². The summed E-state index contributed by atoms with van der Waals surface area (Å²) < 4.78 is 17.6. The van der Waals surface area contributed by atoms with Crippen LogP contribution >= 0.6 is 0 Å². The van der Waals surface area contributed by atoms with E-state index in [9.17, 15) is 9.90 Å². The van der Waals surface area contributed by atoms with E-state index in [2.05, 4.69) is 34.1 Å². The molecule has 2 aromatic rings. The van der Waals surface area contributed by atoms with E-state index in [1.165, 1.54) is 11.1 Å². The van der Waals surface area contributed by atoms with Gasteiger partial charge in [-0.25, -0.2) is 0 Å². The maximum absolute atomic E-state index is 13.3. The summed E-state index contributed by atoms with van der Waals surface area (Å²) in [6, 6.07) is 14.6. The topological polar surface area (TPSA) is 74.7 Å². The van der Waals surface area contributed by atoms with Crippen molar-refractivity contribution < 1.29 is 24.1 Å². The van der Waals surface area contributed by atoms with Crippen LogP contribution in [0.1, 0.15) is 34.3 Å². The van der Waals surface area contributed by atoms with Gasteiger partial charge >= 0.3 is 0 Å². The highest BCUT2D eigenvalue weighted by atomic mass is 16.5. The maximum Gasteiger partial charge on any atom is 0.257 e. The summed E-state index contributed by atoms with van der Waals surface area (Å²) in [5, 5.41) is 10.9. The van der Waals surface area contributed by atoms with Crippen molar-refractivity contribution in [2.75, 3.05) is 59.1 Å². The third kappa shape index (κ3) is 5.62. The number of aliphatic hydroxyl groups excluding tert-OH is 1. The Morgan fingerprint density at radius 3 is 2.59 bits per heavy atom. The number of rotatable bonds is 7. The molecule has 2 aromatic carbocycles. The molecule has 8 nitrogen and oxygen atoms in total. The van der Waals surface area contributed by atoms with E-state index in [4.69, 9.17) is 14.2 Å². The van der Waals surface area contributed by atoms with Crippen LogP contribution in [-0.4, -0.2) is 103 Å². The van der Waals surface area contributed by atoms with Gasteiger partial charge in [-0.05, 0) is 42.5 Å². The van der Waals surface area contributed by atoms with Gasteiger partial charge in [0.15, 0.2) is 0 Å². The van der Waals surface area contributed by atoms with Crippen LogP contribution in [0.25, 0.3) is 0 Å². The summed E-state index contributed by atoms with van der Waals surface area (Å²) >= 11 is 0. The van der Waals surface area contributed by atoms with Crippen LogP contribution in [0.15, 0.2) is 42.5 Å². The van der Waals surface area contributed by atoms with Gasteiger partial charge in [-0.1, -0.05) is 24.3 Å². The van der Waals surface area contributed by atoms with Crippen LogP contribution in [0, 0.1) is 0 Å². The van der Waals surface area contributed by atoms with E-state index in [1.54, 1.807) is 11.0 Å². The monoisotopic (exact) mass is 507 g/mol. The smallest absolute Gasteiger partial charge is 0.257 e. The highest BCUT2D eigenvalue weighted by Gasteiger charge is 2.31. The number of aliphatic hydroxyl groups is 1. The van der Waals surface area contributed by atoms with E-state index in [-0.39, 0.29) is 12.0 Å². The molecule has 1 amide bonds. The van der Waals surface area contributed by atoms with Gasteiger partial charge in [0, 0.05) is 45.3 Å². The lowest BCUT2D eigenvalue weighted by Crippen LogP contribution is -2.52. The van der Waals surface area contributed by atoms with Crippen molar-refractivity contribution in [3.05, 3.63) is 59.2 Å². The highest BCUT2D eigenvalue weighted by Crippen LogP contribution is 2.30. The van der Waals surface area contributed by atoms with E-state index < -0.39 is 6.10 Å². The Bertz CT molecular complexity index is 1100. The first-order chi connectivity index (χ1) is 18.1. The second-order valence-electron chi connectivity index (χ2n) is 10.7. The summed E-state index contributed by atoms with van der Waals surface area (Å²) in [4.78, 5) is 19.8. The largest absolute Gasteiger partial charge is 0.491 e. The number of carbonyl (C=O) groups excluding carboxylic acids is 1. The molecule has 0 spiro atoms. The predicted molar refractivity (Wildman–Crippen MR) is 139 cm³/mol. The molecule has 1 N–H and O–H groups in total. The molecule has 4 heterocycles. The summed E-state index contributed by atoms with van der Waals surface area (Å²) in [6.45, 7) is 7.20. The van der Waals surface area contributed by atoms with E-state index in [0.717, 1.165) is 64.4 Å². The van der Waals surface area contributed by atoms with Gasteiger partial charge in [-0.2, -0.15) is 0 Å². The van der Waals surface area contributed by atoms with Gasteiger partial charge in [-0.15, -0.1) is 0 Å². The number of piperidine rings is 1. The van der Waals surface area contributed by atoms with Crippen LogP contribution in [0.3, 0.4) is 0 Å². The average Bonchev–Trinajstić information content (AvgIpc) is 3.02. The van der Waals surface area contributed by atoms with Crippen molar-refractivity contribution in [3.63, 3.8) is 0 Å².